The summed E-state index contributed by atoms with van der Waals surface area (Å²) >= 11 is 0. The number of carbonyl (C=O) groups is 3. The Hall–Kier alpha value is -2.41. The largest absolute Gasteiger partial charge is 0.480 e. The van der Waals surface area contributed by atoms with E-state index < -0.39 is 17.9 Å². The molecule has 1 aromatic rings. The minimum atomic E-state index is -1.10. The lowest BCUT2D eigenvalue weighted by atomic mass is 10.1. The highest BCUT2D eigenvalue weighted by Crippen LogP contribution is 2.28. The van der Waals surface area contributed by atoms with Crippen molar-refractivity contribution in [1.29, 1.82) is 0 Å². The zero-order valence-electron chi connectivity index (χ0n) is 15.7. The summed E-state index contributed by atoms with van der Waals surface area (Å²) < 4.78 is 5.54. The van der Waals surface area contributed by atoms with Crippen molar-refractivity contribution in [3.8, 4) is 0 Å². The Morgan fingerprint density at radius 2 is 2.00 bits per heavy atom. The molecule has 0 bridgehead atoms. The van der Waals surface area contributed by atoms with Gasteiger partial charge in [0.15, 0.2) is 0 Å². The van der Waals surface area contributed by atoms with Crippen molar-refractivity contribution in [3.05, 3.63) is 29.3 Å². The summed E-state index contributed by atoms with van der Waals surface area (Å²) in [6, 6.07) is 4.04. The van der Waals surface area contributed by atoms with Gasteiger partial charge in [-0.1, -0.05) is 0 Å². The third-order valence-electron chi connectivity index (χ3n) is 4.16. The number of nitrogens with zero attached hydrogens (tertiary/aromatic N) is 1. The number of carboxylic acid groups (broad SMARTS) is 1. The molecule has 1 atom stereocenters. The first-order valence-electron chi connectivity index (χ1n) is 8.67. The Bertz CT molecular complexity index is 708. The van der Waals surface area contributed by atoms with Gasteiger partial charge >= 0.3 is 5.97 Å². The third-order valence-corrected chi connectivity index (χ3v) is 4.16. The molecule has 0 radical (unpaired) electrons. The summed E-state index contributed by atoms with van der Waals surface area (Å²) in [7, 11) is 0. The van der Waals surface area contributed by atoms with Gasteiger partial charge in [-0.15, -0.1) is 0 Å². The molecule has 0 saturated carbocycles. The Morgan fingerprint density at radius 3 is 2.58 bits per heavy atom. The van der Waals surface area contributed by atoms with Crippen molar-refractivity contribution in [2.24, 2.45) is 0 Å². The molecule has 7 nitrogen and oxygen atoms in total. The lowest BCUT2D eigenvalue weighted by molar-refractivity contribution is -0.140. The van der Waals surface area contributed by atoms with Crippen LogP contribution in [0.2, 0.25) is 0 Å². The van der Waals surface area contributed by atoms with Crippen LogP contribution in [0.1, 0.15) is 50.0 Å². The van der Waals surface area contributed by atoms with Crippen LogP contribution in [0.3, 0.4) is 0 Å². The van der Waals surface area contributed by atoms with E-state index in [0.717, 1.165) is 11.3 Å². The van der Waals surface area contributed by atoms with Gasteiger partial charge in [-0.2, -0.15) is 0 Å². The molecule has 2 rings (SSSR count). The van der Waals surface area contributed by atoms with Crippen molar-refractivity contribution in [2.45, 2.75) is 52.2 Å². The molecule has 1 aromatic carbocycles. The van der Waals surface area contributed by atoms with E-state index >= 15 is 0 Å². The number of carboxylic acids is 1. The van der Waals surface area contributed by atoms with Crippen LogP contribution in [0.25, 0.3) is 0 Å². The molecule has 1 aliphatic heterocycles. The summed E-state index contributed by atoms with van der Waals surface area (Å²) in [4.78, 5) is 37.1. The van der Waals surface area contributed by atoms with Crippen LogP contribution in [0.4, 0.5) is 5.69 Å². The minimum absolute atomic E-state index is 0.0364. The maximum absolute atomic E-state index is 12.4. The number of amides is 2. The molecule has 2 N–H and O–H groups in total. The van der Waals surface area contributed by atoms with Gasteiger partial charge in [0.25, 0.3) is 5.91 Å². The average Bonchev–Trinajstić information content (AvgIpc) is 2.95. The molecule has 0 saturated heterocycles. The van der Waals surface area contributed by atoms with Crippen LogP contribution in [-0.4, -0.2) is 47.7 Å². The molecule has 2 amide bonds. The number of hydrogen-bond donors (Lipinski definition) is 2. The SMILES string of the molecule is CC(=O)N1CCc2cc(C(=O)NC(CCOC(C)(C)C)C(=O)O)ccc21. The number of carbonyl (C=O) groups excluding carboxylic acids is 2. The molecule has 0 spiro atoms. The number of rotatable bonds is 6. The lowest BCUT2D eigenvalue weighted by Crippen LogP contribution is -2.42. The van der Waals surface area contributed by atoms with Gasteiger partial charge in [-0.25, -0.2) is 4.79 Å². The fraction of sp³-hybridized carbons (Fsp3) is 0.526. The van der Waals surface area contributed by atoms with Crippen molar-refractivity contribution >= 4 is 23.5 Å². The van der Waals surface area contributed by atoms with Crippen LogP contribution in [0.5, 0.6) is 0 Å². The minimum Gasteiger partial charge on any atom is -0.480 e. The monoisotopic (exact) mass is 362 g/mol. The number of aliphatic carboxylic acids is 1. The normalized spacial score (nSPS) is 14.7. The van der Waals surface area contributed by atoms with E-state index in [1.807, 2.05) is 20.8 Å². The molecule has 26 heavy (non-hydrogen) atoms. The summed E-state index contributed by atoms with van der Waals surface area (Å²) in [6.07, 6.45) is 0.860. The quantitative estimate of drug-likeness (QED) is 0.807. The first-order chi connectivity index (χ1) is 12.1. The first-order valence-corrected chi connectivity index (χ1v) is 8.67. The zero-order valence-corrected chi connectivity index (χ0v) is 15.7. The van der Waals surface area contributed by atoms with Gasteiger partial charge in [0.1, 0.15) is 6.04 Å². The van der Waals surface area contributed by atoms with Crippen LogP contribution in [0, 0.1) is 0 Å². The van der Waals surface area contributed by atoms with Crippen molar-refractivity contribution in [3.63, 3.8) is 0 Å². The number of fused-ring (bicyclic) bond motifs is 1. The predicted octanol–water partition coefficient (Wildman–Crippen LogP) is 1.98. The van der Waals surface area contributed by atoms with Crippen LogP contribution < -0.4 is 10.2 Å². The maximum Gasteiger partial charge on any atom is 0.326 e. The fourth-order valence-electron chi connectivity index (χ4n) is 2.85. The highest BCUT2D eigenvalue weighted by molar-refractivity contribution is 5.99. The van der Waals surface area contributed by atoms with Gasteiger partial charge < -0.3 is 20.1 Å². The zero-order chi connectivity index (χ0) is 19.5. The fourth-order valence-corrected chi connectivity index (χ4v) is 2.85. The number of nitrogens with one attached hydrogen (secondary N) is 1. The Morgan fingerprint density at radius 1 is 1.31 bits per heavy atom. The van der Waals surface area contributed by atoms with E-state index in [0.29, 0.717) is 18.5 Å². The van der Waals surface area contributed by atoms with Crippen LogP contribution in [-0.2, 0) is 20.7 Å². The molecule has 7 heteroatoms. The molecular weight excluding hydrogens is 336 g/mol. The second-order valence-electron chi connectivity index (χ2n) is 7.38. The number of hydrogen-bond acceptors (Lipinski definition) is 4. The number of benzene rings is 1. The van der Waals surface area contributed by atoms with Gasteiger partial charge in [-0.05, 0) is 51.0 Å². The van der Waals surface area contributed by atoms with Gasteiger partial charge in [0.05, 0.1) is 5.60 Å². The van der Waals surface area contributed by atoms with Gasteiger partial charge in [0, 0.05) is 37.7 Å². The molecule has 0 aliphatic carbocycles. The number of anilines is 1. The van der Waals surface area contributed by atoms with E-state index in [1.165, 1.54) is 6.92 Å². The molecular formula is C19H26N2O5. The first kappa shape index (κ1) is 19.9. The Labute approximate surface area is 153 Å². The van der Waals surface area contributed by atoms with E-state index in [9.17, 15) is 19.5 Å². The van der Waals surface area contributed by atoms with Gasteiger partial charge in [-0.3, -0.25) is 9.59 Å². The standard InChI is InChI=1S/C19H26N2O5/c1-12(22)21-9-7-13-11-14(5-6-16(13)21)17(23)20-15(18(24)25)8-10-26-19(2,3)4/h5-6,11,15H,7-10H2,1-4H3,(H,20,23)(H,24,25). The molecule has 1 heterocycles. The highest BCUT2D eigenvalue weighted by Gasteiger charge is 2.25. The maximum atomic E-state index is 12.4. The second-order valence-corrected chi connectivity index (χ2v) is 7.38. The van der Waals surface area contributed by atoms with Gasteiger partial charge in [0.2, 0.25) is 5.91 Å². The van der Waals surface area contributed by atoms with Crippen molar-refractivity contribution in [1.82, 2.24) is 5.32 Å². The smallest absolute Gasteiger partial charge is 0.326 e. The third kappa shape index (κ3) is 5.05. The summed E-state index contributed by atoms with van der Waals surface area (Å²) in [6.45, 7) is 7.99. The Kier molecular flexibility index (Phi) is 6.02. The van der Waals surface area contributed by atoms with E-state index in [-0.39, 0.29) is 24.5 Å². The second kappa shape index (κ2) is 7.86. The summed E-state index contributed by atoms with van der Waals surface area (Å²) in [5, 5.41) is 11.9. The molecule has 0 fully saturated rings. The van der Waals surface area contributed by atoms with Crippen molar-refractivity contribution < 1.29 is 24.2 Å². The predicted molar refractivity (Wildman–Crippen MR) is 97.4 cm³/mol. The lowest BCUT2D eigenvalue weighted by Gasteiger charge is -2.21. The average molecular weight is 362 g/mol. The summed E-state index contributed by atoms with van der Waals surface area (Å²) in [5.74, 6) is -1.58. The van der Waals surface area contributed by atoms with Crippen LogP contribution >= 0.6 is 0 Å². The Balaban J connectivity index is 2.03. The molecule has 1 aliphatic rings. The molecule has 0 aromatic heterocycles. The molecule has 142 valence electrons. The van der Waals surface area contributed by atoms with E-state index in [1.54, 1.807) is 23.1 Å². The van der Waals surface area contributed by atoms with Crippen LogP contribution in [0.15, 0.2) is 18.2 Å². The van der Waals surface area contributed by atoms with E-state index in [4.69, 9.17) is 4.74 Å². The summed E-state index contributed by atoms with van der Waals surface area (Å²) in [5.41, 5.74) is 1.74. The van der Waals surface area contributed by atoms with Crippen molar-refractivity contribution in [2.75, 3.05) is 18.1 Å². The van der Waals surface area contributed by atoms with E-state index in [2.05, 4.69) is 5.32 Å². The number of ether oxygens (including phenoxy) is 1. The topological polar surface area (TPSA) is 95.9 Å². The molecule has 1 unspecified atom stereocenters. The highest BCUT2D eigenvalue weighted by atomic mass is 16.5.